The number of nitrogens with one attached hydrogen (secondary N) is 2. The third kappa shape index (κ3) is 6.32. The van der Waals surface area contributed by atoms with Crippen LogP contribution in [0, 0.1) is 0 Å². The zero-order valence-corrected chi connectivity index (χ0v) is 21.0. The first-order valence-electron chi connectivity index (χ1n) is 11.6. The molecular formula is C23H37IN6O. The Labute approximate surface area is 203 Å². The largest absolute Gasteiger partial charge is 0.379 e. The second-order valence-corrected chi connectivity index (χ2v) is 8.45. The fourth-order valence-corrected chi connectivity index (χ4v) is 4.81. The summed E-state index contributed by atoms with van der Waals surface area (Å²) in [6, 6.07) is 6.09. The molecule has 0 amide bonds. The highest BCUT2D eigenvalue weighted by molar-refractivity contribution is 14.0. The van der Waals surface area contributed by atoms with E-state index in [-0.39, 0.29) is 29.5 Å². The third-order valence-electron chi connectivity index (χ3n) is 6.43. The van der Waals surface area contributed by atoms with Crippen LogP contribution in [-0.4, -0.2) is 71.7 Å². The third-order valence-corrected chi connectivity index (χ3v) is 6.43. The van der Waals surface area contributed by atoms with Gasteiger partial charge in [0.25, 0.3) is 0 Å². The van der Waals surface area contributed by atoms with Gasteiger partial charge in [-0.3, -0.25) is 9.89 Å². The molecule has 31 heavy (non-hydrogen) atoms. The molecule has 172 valence electrons. The summed E-state index contributed by atoms with van der Waals surface area (Å²) in [5.74, 6) is 0.916. The second kappa shape index (κ2) is 12.0. The molecule has 0 unspecified atom stereocenters. The molecule has 0 radical (unpaired) electrons. The van der Waals surface area contributed by atoms with Gasteiger partial charge < -0.3 is 19.8 Å². The lowest BCUT2D eigenvalue weighted by molar-refractivity contribution is -0.0333. The van der Waals surface area contributed by atoms with Gasteiger partial charge in [-0.05, 0) is 31.9 Å². The minimum absolute atomic E-state index is 0. The van der Waals surface area contributed by atoms with Crippen molar-refractivity contribution < 1.29 is 4.74 Å². The fraction of sp³-hybridized carbons (Fsp3) is 0.652. The molecule has 4 rings (SSSR count). The van der Waals surface area contributed by atoms with Crippen LogP contribution in [0.15, 0.2) is 35.6 Å². The number of rotatable bonds is 7. The lowest BCUT2D eigenvalue weighted by atomic mass is 9.80. The Morgan fingerprint density at radius 2 is 1.97 bits per heavy atom. The van der Waals surface area contributed by atoms with Gasteiger partial charge in [-0.15, -0.1) is 24.0 Å². The Bertz CT molecular complexity index is 793. The first-order chi connectivity index (χ1) is 14.8. The van der Waals surface area contributed by atoms with Crippen LogP contribution in [-0.2, 0) is 11.2 Å². The summed E-state index contributed by atoms with van der Waals surface area (Å²) in [5, 5.41) is 6.94. The number of pyridine rings is 1. The van der Waals surface area contributed by atoms with Gasteiger partial charge in [-0.25, -0.2) is 4.98 Å². The molecule has 3 heterocycles. The van der Waals surface area contributed by atoms with Crippen molar-refractivity contribution in [1.82, 2.24) is 24.9 Å². The fourth-order valence-electron chi connectivity index (χ4n) is 4.81. The van der Waals surface area contributed by atoms with Crippen molar-refractivity contribution >= 4 is 35.6 Å². The minimum atomic E-state index is 0. The van der Waals surface area contributed by atoms with E-state index in [0.29, 0.717) is 0 Å². The lowest BCUT2D eigenvalue weighted by Crippen LogP contribution is -2.56. The summed E-state index contributed by atoms with van der Waals surface area (Å²) >= 11 is 0. The van der Waals surface area contributed by atoms with Crippen molar-refractivity contribution in [2.45, 2.75) is 51.0 Å². The molecule has 0 aromatic carbocycles. The topological polar surface area (TPSA) is 66.2 Å². The van der Waals surface area contributed by atoms with Crippen molar-refractivity contribution in [3.8, 4) is 0 Å². The number of imidazole rings is 1. The average Bonchev–Trinajstić information content (AvgIpc) is 3.21. The maximum atomic E-state index is 5.61. The van der Waals surface area contributed by atoms with E-state index in [1.165, 1.54) is 32.1 Å². The van der Waals surface area contributed by atoms with Crippen LogP contribution in [0.5, 0.6) is 0 Å². The molecule has 2 aromatic rings. The number of halogens is 1. The maximum Gasteiger partial charge on any atom is 0.191 e. The number of fused-ring (bicyclic) bond motifs is 1. The molecule has 0 spiro atoms. The number of guanidine groups is 1. The van der Waals surface area contributed by atoms with E-state index in [1.807, 2.05) is 24.4 Å². The highest BCUT2D eigenvalue weighted by Crippen LogP contribution is 2.34. The van der Waals surface area contributed by atoms with E-state index < -0.39 is 0 Å². The van der Waals surface area contributed by atoms with Crippen molar-refractivity contribution in [3.63, 3.8) is 0 Å². The van der Waals surface area contributed by atoms with Crippen LogP contribution < -0.4 is 10.6 Å². The molecule has 2 fully saturated rings. The van der Waals surface area contributed by atoms with E-state index in [2.05, 4.69) is 33.1 Å². The maximum absolute atomic E-state index is 5.61. The summed E-state index contributed by atoms with van der Waals surface area (Å²) in [6.07, 6.45) is 11.5. The lowest BCUT2D eigenvalue weighted by Gasteiger charge is -2.47. The van der Waals surface area contributed by atoms with E-state index in [0.717, 1.165) is 69.7 Å². The quantitative estimate of drug-likeness (QED) is 0.321. The molecule has 8 heteroatoms. The van der Waals surface area contributed by atoms with Gasteiger partial charge >= 0.3 is 0 Å². The highest BCUT2D eigenvalue weighted by Gasteiger charge is 2.38. The Morgan fingerprint density at radius 1 is 1.16 bits per heavy atom. The normalized spacial score (nSPS) is 19.7. The number of nitrogens with zero attached hydrogens (tertiary/aromatic N) is 4. The Hall–Kier alpha value is -1.39. The standard InChI is InChI=1S/C23H36N6O.HI/c1-2-24-22(25-12-9-20-18-28-13-7-4-8-21(28)27-20)26-19-23(10-5-3-6-11-23)29-14-16-30-17-15-29;/h4,7-8,13,18H,2-3,5-6,9-12,14-17,19H2,1H3,(H2,24,25,26);1H. The van der Waals surface area contributed by atoms with Crippen LogP contribution >= 0.6 is 24.0 Å². The molecule has 1 saturated heterocycles. The van der Waals surface area contributed by atoms with E-state index in [1.54, 1.807) is 0 Å². The SMILES string of the molecule is CCNC(=NCC1(N2CCOCC2)CCCCC1)NCCc1cn2ccccc2n1.I. The summed E-state index contributed by atoms with van der Waals surface area (Å²) < 4.78 is 7.68. The Morgan fingerprint density at radius 3 is 2.71 bits per heavy atom. The molecule has 1 saturated carbocycles. The summed E-state index contributed by atoms with van der Waals surface area (Å²) in [4.78, 5) is 12.4. The molecule has 1 aliphatic carbocycles. The monoisotopic (exact) mass is 540 g/mol. The van der Waals surface area contributed by atoms with Gasteiger partial charge in [-0.2, -0.15) is 0 Å². The predicted molar refractivity (Wildman–Crippen MR) is 137 cm³/mol. The molecule has 1 aliphatic heterocycles. The molecule has 7 nitrogen and oxygen atoms in total. The Kier molecular flexibility index (Phi) is 9.40. The van der Waals surface area contributed by atoms with Gasteiger partial charge in [0.15, 0.2) is 5.96 Å². The number of hydrogen-bond acceptors (Lipinski definition) is 4. The molecule has 2 aromatic heterocycles. The number of morpholine rings is 1. The zero-order valence-electron chi connectivity index (χ0n) is 18.7. The number of aromatic nitrogens is 2. The zero-order chi connectivity index (χ0) is 20.7. The van der Waals surface area contributed by atoms with E-state index in [9.17, 15) is 0 Å². The number of hydrogen-bond donors (Lipinski definition) is 2. The van der Waals surface area contributed by atoms with E-state index in [4.69, 9.17) is 14.7 Å². The van der Waals surface area contributed by atoms with E-state index >= 15 is 0 Å². The molecule has 2 N–H and O–H groups in total. The van der Waals surface area contributed by atoms with Crippen molar-refractivity contribution in [2.75, 3.05) is 45.9 Å². The van der Waals surface area contributed by atoms with Gasteiger partial charge in [0, 0.05) is 50.5 Å². The number of ether oxygens (including phenoxy) is 1. The van der Waals surface area contributed by atoms with Gasteiger partial charge in [0.2, 0.25) is 0 Å². The van der Waals surface area contributed by atoms with Gasteiger partial charge in [0.05, 0.1) is 25.5 Å². The van der Waals surface area contributed by atoms with Gasteiger partial charge in [-0.1, -0.05) is 25.3 Å². The highest BCUT2D eigenvalue weighted by atomic mass is 127. The summed E-state index contributed by atoms with van der Waals surface area (Å²) in [6.45, 7) is 8.44. The summed E-state index contributed by atoms with van der Waals surface area (Å²) in [7, 11) is 0. The molecule has 0 atom stereocenters. The van der Waals surface area contributed by atoms with Crippen LogP contribution in [0.2, 0.25) is 0 Å². The van der Waals surface area contributed by atoms with Crippen molar-refractivity contribution in [2.24, 2.45) is 4.99 Å². The summed E-state index contributed by atoms with van der Waals surface area (Å²) in [5.41, 5.74) is 2.30. The van der Waals surface area contributed by atoms with Crippen LogP contribution in [0.1, 0.15) is 44.7 Å². The molecule has 0 bridgehead atoms. The van der Waals surface area contributed by atoms with Crippen LogP contribution in [0.4, 0.5) is 0 Å². The van der Waals surface area contributed by atoms with Gasteiger partial charge in [0.1, 0.15) is 5.65 Å². The molecule has 2 aliphatic rings. The van der Waals surface area contributed by atoms with Crippen molar-refractivity contribution in [3.05, 3.63) is 36.3 Å². The van der Waals surface area contributed by atoms with Crippen LogP contribution in [0.3, 0.4) is 0 Å². The first kappa shape index (κ1) is 24.3. The first-order valence-corrected chi connectivity index (χ1v) is 11.6. The van der Waals surface area contributed by atoms with Crippen LogP contribution in [0.25, 0.3) is 5.65 Å². The number of aliphatic imine (C=N–C) groups is 1. The molecular weight excluding hydrogens is 503 g/mol. The second-order valence-electron chi connectivity index (χ2n) is 8.45. The predicted octanol–water partition coefficient (Wildman–Crippen LogP) is 3.09. The minimum Gasteiger partial charge on any atom is -0.379 e. The Balaban J connectivity index is 0.00000272. The average molecular weight is 540 g/mol. The smallest absolute Gasteiger partial charge is 0.191 e. The van der Waals surface area contributed by atoms with Crippen molar-refractivity contribution in [1.29, 1.82) is 0 Å².